The number of carbonyl (C=O) groups is 1. The summed E-state index contributed by atoms with van der Waals surface area (Å²) >= 11 is 6.53. The molecule has 1 aliphatic rings. The van der Waals surface area contributed by atoms with E-state index < -0.39 is 4.92 Å². The van der Waals surface area contributed by atoms with Crippen LogP contribution >= 0.6 is 24.0 Å². The van der Waals surface area contributed by atoms with Crippen LogP contribution in [-0.4, -0.2) is 28.9 Å². The standard InChI is InChI=1S/C21H20N2O5S2/c1-13(2)12-28-17-9-4-14(10-18(17)27-3)11-19-20(24)22(21(29)30-19)15-5-7-16(8-6-15)23(25)26/h4-11,13H,12H2,1-3H3/b19-11+. The first-order valence-electron chi connectivity index (χ1n) is 9.13. The Morgan fingerprint density at radius 1 is 1.20 bits per heavy atom. The summed E-state index contributed by atoms with van der Waals surface area (Å²) in [6, 6.07) is 11.2. The molecule has 3 rings (SSSR count). The Hall–Kier alpha value is -2.91. The van der Waals surface area contributed by atoms with Crippen LogP contribution in [0.25, 0.3) is 6.08 Å². The molecule has 0 bridgehead atoms. The summed E-state index contributed by atoms with van der Waals surface area (Å²) in [7, 11) is 1.56. The number of nitro groups is 1. The molecular formula is C21H20N2O5S2. The number of nitro benzene ring substituents is 1. The number of ether oxygens (including phenoxy) is 2. The highest BCUT2D eigenvalue weighted by molar-refractivity contribution is 8.27. The highest BCUT2D eigenvalue weighted by Crippen LogP contribution is 2.37. The van der Waals surface area contributed by atoms with Crippen molar-refractivity contribution >= 4 is 51.7 Å². The molecule has 0 unspecified atom stereocenters. The molecule has 156 valence electrons. The summed E-state index contributed by atoms with van der Waals surface area (Å²) in [5.74, 6) is 1.32. The van der Waals surface area contributed by atoms with Gasteiger partial charge >= 0.3 is 0 Å². The van der Waals surface area contributed by atoms with Crippen LogP contribution in [0.15, 0.2) is 47.4 Å². The molecular weight excluding hydrogens is 424 g/mol. The maximum atomic E-state index is 12.9. The second kappa shape index (κ2) is 9.27. The fourth-order valence-electron chi connectivity index (χ4n) is 2.71. The Balaban J connectivity index is 1.83. The number of rotatable bonds is 7. The molecule has 0 saturated carbocycles. The van der Waals surface area contributed by atoms with Gasteiger partial charge in [-0.3, -0.25) is 19.8 Å². The fraction of sp³-hybridized carbons (Fsp3) is 0.238. The molecule has 0 radical (unpaired) electrons. The molecule has 2 aromatic rings. The molecule has 1 amide bonds. The second-order valence-corrected chi connectivity index (χ2v) is 8.58. The first-order valence-corrected chi connectivity index (χ1v) is 10.4. The number of amides is 1. The molecule has 2 aromatic carbocycles. The van der Waals surface area contributed by atoms with E-state index in [9.17, 15) is 14.9 Å². The van der Waals surface area contributed by atoms with Crippen molar-refractivity contribution in [2.24, 2.45) is 5.92 Å². The summed E-state index contributed by atoms with van der Waals surface area (Å²) in [5.41, 5.74) is 1.21. The molecule has 1 saturated heterocycles. The van der Waals surface area contributed by atoms with Crippen LogP contribution in [-0.2, 0) is 4.79 Å². The van der Waals surface area contributed by atoms with Gasteiger partial charge in [-0.05, 0) is 41.8 Å². The van der Waals surface area contributed by atoms with E-state index in [1.54, 1.807) is 19.3 Å². The van der Waals surface area contributed by atoms with Gasteiger partial charge in [0, 0.05) is 12.1 Å². The zero-order valence-electron chi connectivity index (χ0n) is 16.7. The van der Waals surface area contributed by atoms with Gasteiger partial charge in [0.25, 0.3) is 11.6 Å². The van der Waals surface area contributed by atoms with Crippen molar-refractivity contribution in [1.82, 2.24) is 0 Å². The van der Waals surface area contributed by atoms with E-state index in [-0.39, 0.29) is 11.6 Å². The summed E-state index contributed by atoms with van der Waals surface area (Å²) < 4.78 is 11.5. The number of hydrogen-bond donors (Lipinski definition) is 0. The minimum Gasteiger partial charge on any atom is -0.493 e. The normalized spacial score (nSPS) is 15.2. The van der Waals surface area contributed by atoms with Crippen molar-refractivity contribution in [3.8, 4) is 11.5 Å². The summed E-state index contributed by atoms with van der Waals surface area (Å²) in [6.07, 6.45) is 1.74. The van der Waals surface area contributed by atoms with Crippen molar-refractivity contribution in [3.05, 3.63) is 63.0 Å². The van der Waals surface area contributed by atoms with Crippen molar-refractivity contribution in [2.75, 3.05) is 18.6 Å². The molecule has 1 heterocycles. The molecule has 1 fully saturated rings. The van der Waals surface area contributed by atoms with Gasteiger partial charge in [-0.25, -0.2) is 0 Å². The van der Waals surface area contributed by atoms with Crippen LogP contribution < -0.4 is 14.4 Å². The third-order valence-electron chi connectivity index (χ3n) is 4.17. The van der Waals surface area contributed by atoms with Gasteiger partial charge in [0.15, 0.2) is 15.8 Å². The quantitative estimate of drug-likeness (QED) is 0.256. The third-order valence-corrected chi connectivity index (χ3v) is 5.47. The Bertz CT molecular complexity index is 1020. The van der Waals surface area contributed by atoms with Gasteiger partial charge in [0.05, 0.1) is 29.2 Å². The first-order chi connectivity index (χ1) is 14.3. The predicted molar refractivity (Wildman–Crippen MR) is 122 cm³/mol. The lowest BCUT2D eigenvalue weighted by Gasteiger charge is -2.14. The minimum atomic E-state index is -0.490. The largest absolute Gasteiger partial charge is 0.493 e. The van der Waals surface area contributed by atoms with E-state index in [0.29, 0.717) is 38.9 Å². The average Bonchev–Trinajstić information content (AvgIpc) is 2.99. The lowest BCUT2D eigenvalue weighted by Crippen LogP contribution is -2.27. The molecule has 0 spiro atoms. The van der Waals surface area contributed by atoms with E-state index in [1.165, 1.54) is 40.9 Å². The highest BCUT2D eigenvalue weighted by Gasteiger charge is 2.33. The lowest BCUT2D eigenvalue weighted by atomic mass is 10.1. The molecule has 7 nitrogen and oxygen atoms in total. The number of anilines is 1. The highest BCUT2D eigenvalue weighted by atomic mass is 32.2. The number of nitrogens with zero attached hydrogens (tertiary/aromatic N) is 2. The van der Waals surface area contributed by atoms with Crippen LogP contribution in [0.2, 0.25) is 0 Å². The van der Waals surface area contributed by atoms with Gasteiger partial charge in [-0.1, -0.05) is 43.9 Å². The lowest BCUT2D eigenvalue weighted by molar-refractivity contribution is -0.384. The topological polar surface area (TPSA) is 81.9 Å². The third kappa shape index (κ3) is 4.80. The monoisotopic (exact) mass is 444 g/mol. The second-order valence-electron chi connectivity index (χ2n) is 6.91. The summed E-state index contributed by atoms with van der Waals surface area (Å²) in [4.78, 5) is 25.1. The number of benzene rings is 2. The molecule has 9 heteroatoms. The Morgan fingerprint density at radius 2 is 1.90 bits per heavy atom. The zero-order valence-corrected chi connectivity index (χ0v) is 18.3. The van der Waals surface area contributed by atoms with E-state index in [4.69, 9.17) is 21.7 Å². The van der Waals surface area contributed by atoms with Gasteiger partial charge in [0.1, 0.15) is 0 Å². The molecule has 0 aromatic heterocycles. The number of hydrogen-bond acceptors (Lipinski definition) is 7. The fourth-order valence-corrected chi connectivity index (χ4v) is 4.01. The maximum Gasteiger partial charge on any atom is 0.270 e. The molecule has 1 aliphatic heterocycles. The maximum absolute atomic E-state index is 12.9. The van der Waals surface area contributed by atoms with Crippen molar-refractivity contribution in [3.63, 3.8) is 0 Å². The van der Waals surface area contributed by atoms with E-state index in [0.717, 1.165) is 5.56 Å². The summed E-state index contributed by atoms with van der Waals surface area (Å²) in [6.45, 7) is 4.70. The van der Waals surface area contributed by atoms with Crippen molar-refractivity contribution < 1.29 is 19.2 Å². The predicted octanol–water partition coefficient (Wildman–Crippen LogP) is 5.04. The number of non-ortho nitro benzene ring substituents is 1. The van der Waals surface area contributed by atoms with E-state index in [2.05, 4.69) is 13.8 Å². The smallest absolute Gasteiger partial charge is 0.270 e. The van der Waals surface area contributed by atoms with Crippen LogP contribution in [0.1, 0.15) is 19.4 Å². The minimum absolute atomic E-state index is 0.0494. The SMILES string of the molecule is COc1cc(/C=C2/SC(=S)N(c3ccc([N+](=O)[O-])cc3)C2=O)ccc1OCC(C)C. The van der Waals surface area contributed by atoms with Crippen LogP contribution in [0.3, 0.4) is 0 Å². The number of thioether (sulfide) groups is 1. The molecule has 0 N–H and O–H groups in total. The Morgan fingerprint density at radius 3 is 2.50 bits per heavy atom. The van der Waals surface area contributed by atoms with E-state index >= 15 is 0 Å². The Labute approximate surface area is 183 Å². The van der Waals surface area contributed by atoms with Gasteiger partial charge < -0.3 is 9.47 Å². The summed E-state index contributed by atoms with van der Waals surface area (Å²) in [5, 5.41) is 10.8. The number of thiocarbonyl (C=S) groups is 1. The average molecular weight is 445 g/mol. The van der Waals surface area contributed by atoms with E-state index in [1.807, 2.05) is 12.1 Å². The van der Waals surface area contributed by atoms with Gasteiger partial charge in [-0.15, -0.1) is 0 Å². The van der Waals surface area contributed by atoms with Gasteiger partial charge in [0.2, 0.25) is 0 Å². The van der Waals surface area contributed by atoms with Crippen LogP contribution in [0, 0.1) is 16.0 Å². The van der Waals surface area contributed by atoms with Gasteiger partial charge in [-0.2, -0.15) is 0 Å². The first kappa shape index (κ1) is 21.8. The number of methoxy groups -OCH3 is 1. The number of carbonyl (C=O) groups excluding carboxylic acids is 1. The Kier molecular flexibility index (Phi) is 6.73. The molecule has 0 atom stereocenters. The van der Waals surface area contributed by atoms with Crippen molar-refractivity contribution in [1.29, 1.82) is 0 Å². The van der Waals surface area contributed by atoms with Crippen LogP contribution in [0.5, 0.6) is 11.5 Å². The molecule has 30 heavy (non-hydrogen) atoms. The van der Waals surface area contributed by atoms with Crippen molar-refractivity contribution in [2.45, 2.75) is 13.8 Å². The van der Waals surface area contributed by atoms with Crippen LogP contribution in [0.4, 0.5) is 11.4 Å². The molecule has 0 aliphatic carbocycles. The zero-order chi connectivity index (χ0) is 21.8.